The molecule has 1 N–H and O–H groups in total. The molecule has 0 aliphatic carbocycles. The second-order valence-electron chi connectivity index (χ2n) is 6.83. The van der Waals surface area contributed by atoms with Gasteiger partial charge in [0.2, 0.25) is 0 Å². The van der Waals surface area contributed by atoms with E-state index in [4.69, 9.17) is 4.74 Å². The number of pyridine rings is 1. The first-order valence-electron chi connectivity index (χ1n) is 9.15. The lowest BCUT2D eigenvalue weighted by atomic mass is 9.89. The van der Waals surface area contributed by atoms with Crippen LogP contribution in [0.15, 0.2) is 48.8 Å². The Kier molecular flexibility index (Phi) is 5.02. The molecule has 0 bridgehead atoms. The van der Waals surface area contributed by atoms with Gasteiger partial charge in [0.25, 0.3) is 0 Å². The molecule has 140 valence electrons. The minimum absolute atomic E-state index is 0.344. The summed E-state index contributed by atoms with van der Waals surface area (Å²) in [6, 6.07) is 11.3. The van der Waals surface area contributed by atoms with Crippen LogP contribution in [0.5, 0.6) is 11.5 Å². The molecule has 0 saturated carbocycles. The van der Waals surface area contributed by atoms with Gasteiger partial charge < -0.3 is 9.84 Å². The molecule has 1 aliphatic rings. The number of ether oxygens (including phenoxy) is 1. The first-order chi connectivity index (χ1) is 13.2. The Labute approximate surface area is 158 Å². The minimum Gasteiger partial charge on any atom is -0.508 e. The van der Waals surface area contributed by atoms with Gasteiger partial charge in [0.05, 0.1) is 19.0 Å². The van der Waals surface area contributed by atoms with Gasteiger partial charge in [-0.15, -0.1) is 5.10 Å². The van der Waals surface area contributed by atoms with Crippen LogP contribution >= 0.6 is 0 Å². The van der Waals surface area contributed by atoms with E-state index in [1.54, 1.807) is 24.1 Å². The second kappa shape index (κ2) is 7.75. The van der Waals surface area contributed by atoms with Gasteiger partial charge in [-0.2, -0.15) is 4.68 Å². The first kappa shape index (κ1) is 17.5. The maximum atomic E-state index is 9.68. The maximum absolute atomic E-state index is 9.68. The number of aromatic hydroxyl groups is 1. The number of phenols is 1. The molecule has 3 heterocycles. The van der Waals surface area contributed by atoms with Gasteiger partial charge in [0, 0.05) is 12.7 Å². The van der Waals surface area contributed by atoms with Crippen LogP contribution in [0.25, 0.3) is 5.82 Å². The Morgan fingerprint density at radius 3 is 2.81 bits per heavy atom. The highest BCUT2D eigenvalue weighted by molar-refractivity contribution is 5.38. The molecule has 1 saturated heterocycles. The molecule has 1 aliphatic heterocycles. The zero-order valence-electron chi connectivity index (χ0n) is 15.3. The van der Waals surface area contributed by atoms with Crippen LogP contribution in [0.1, 0.15) is 30.0 Å². The number of hydrogen-bond donors (Lipinski definition) is 1. The number of phenolic OH excluding ortho intramolecular Hbond substituents is 1. The molecule has 1 aromatic carbocycles. The summed E-state index contributed by atoms with van der Waals surface area (Å²) in [6.07, 6.45) is 5.77. The quantitative estimate of drug-likeness (QED) is 0.749. The van der Waals surface area contributed by atoms with Gasteiger partial charge in [0.1, 0.15) is 5.75 Å². The fraction of sp³-hybridized carbons (Fsp3) is 0.350. The summed E-state index contributed by atoms with van der Waals surface area (Å²) >= 11 is 0. The van der Waals surface area contributed by atoms with E-state index >= 15 is 0 Å². The number of rotatable bonds is 5. The summed E-state index contributed by atoms with van der Waals surface area (Å²) in [4.78, 5) is 6.72. The van der Waals surface area contributed by atoms with E-state index in [0.717, 1.165) is 38.2 Å². The number of benzene rings is 1. The molecule has 2 aromatic heterocycles. The highest BCUT2D eigenvalue weighted by Gasteiger charge is 2.22. The van der Waals surface area contributed by atoms with Crippen molar-refractivity contribution < 1.29 is 9.84 Å². The Hall–Kier alpha value is -2.93. The van der Waals surface area contributed by atoms with E-state index in [9.17, 15) is 5.11 Å². The van der Waals surface area contributed by atoms with Crippen LogP contribution in [-0.4, -0.2) is 50.2 Å². The van der Waals surface area contributed by atoms with E-state index in [2.05, 4.69) is 26.3 Å². The van der Waals surface area contributed by atoms with E-state index in [0.29, 0.717) is 23.2 Å². The number of nitrogens with zero attached hydrogens (tertiary/aromatic N) is 5. The lowest BCUT2D eigenvalue weighted by Gasteiger charge is -2.31. The summed E-state index contributed by atoms with van der Waals surface area (Å²) < 4.78 is 7.00. The number of methoxy groups -OCH3 is 1. The largest absolute Gasteiger partial charge is 0.508 e. The van der Waals surface area contributed by atoms with Crippen molar-refractivity contribution in [3.05, 3.63) is 60.0 Å². The molecule has 27 heavy (non-hydrogen) atoms. The van der Waals surface area contributed by atoms with Crippen molar-refractivity contribution in [1.29, 1.82) is 0 Å². The smallest absolute Gasteiger partial charge is 0.197 e. The Morgan fingerprint density at radius 2 is 2.04 bits per heavy atom. The number of likely N-dealkylation sites (tertiary alicyclic amines) is 1. The average Bonchev–Trinajstić information content (AvgIpc) is 3.17. The third-order valence-corrected chi connectivity index (χ3v) is 5.04. The minimum atomic E-state index is 0.344. The van der Waals surface area contributed by atoms with E-state index in [1.165, 1.54) is 5.56 Å². The molecule has 0 radical (unpaired) electrons. The predicted octanol–water partition coefficient (Wildman–Crippen LogP) is 2.76. The van der Waals surface area contributed by atoms with Crippen molar-refractivity contribution in [3.63, 3.8) is 0 Å². The molecular weight excluding hydrogens is 342 g/mol. The van der Waals surface area contributed by atoms with E-state index < -0.39 is 0 Å². The maximum Gasteiger partial charge on any atom is 0.197 e. The fourth-order valence-electron chi connectivity index (χ4n) is 3.62. The molecule has 7 heteroatoms. The van der Waals surface area contributed by atoms with Crippen molar-refractivity contribution in [2.75, 3.05) is 20.2 Å². The van der Waals surface area contributed by atoms with Gasteiger partial charge >= 0.3 is 0 Å². The van der Waals surface area contributed by atoms with Crippen LogP contribution in [0.3, 0.4) is 0 Å². The SMILES string of the molecule is COc1cccnc1-n1cc(CN2CCC(c3cccc(O)c3)CC2)nn1. The van der Waals surface area contributed by atoms with E-state index in [-0.39, 0.29) is 0 Å². The van der Waals surface area contributed by atoms with Crippen LogP contribution in [0.4, 0.5) is 0 Å². The lowest BCUT2D eigenvalue weighted by molar-refractivity contribution is 0.202. The van der Waals surface area contributed by atoms with Crippen LogP contribution in [0, 0.1) is 0 Å². The summed E-state index contributed by atoms with van der Waals surface area (Å²) in [5.41, 5.74) is 2.14. The fourth-order valence-corrected chi connectivity index (χ4v) is 3.62. The molecule has 0 atom stereocenters. The average molecular weight is 365 g/mol. The van der Waals surface area contributed by atoms with Crippen LogP contribution < -0.4 is 4.74 Å². The number of piperidine rings is 1. The molecule has 4 rings (SSSR count). The van der Waals surface area contributed by atoms with Gasteiger partial charge in [-0.3, -0.25) is 4.90 Å². The number of hydrogen-bond acceptors (Lipinski definition) is 6. The Morgan fingerprint density at radius 1 is 1.19 bits per heavy atom. The predicted molar refractivity (Wildman–Crippen MR) is 101 cm³/mol. The highest BCUT2D eigenvalue weighted by Crippen LogP contribution is 2.30. The van der Waals surface area contributed by atoms with Crippen molar-refractivity contribution in [2.24, 2.45) is 0 Å². The standard InChI is InChI=1S/C20H23N5O2/c1-27-19-6-3-9-21-20(19)25-14-17(22-23-25)13-24-10-7-15(8-11-24)16-4-2-5-18(26)12-16/h2-6,9,12,14-15,26H,7-8,10-11,13H2,1H3. The lowest BCUT2D eigenvalue weighted by Crippen LogP contribution is -2.32. The van der Waals surface area contributed by atoms with Crippen LogP contribution in [0.2, 0.25) is 0 Å². The van der Waals surface area contributed by atoms with Crippen molar-refractivity contribution >= 4 is 0 Å². The highest BCUT2D eigenvalue weighted by atomic mass is 16.5. The summed E-state index contributed by atoms with van der Waals surface area (Å²) in [5, 5.41) is 18.2. The van der Waals surface area contributed by atoms with Crippen molar-refractivity contribution in [3.8, 4) is 17.3 Å². The number of aromatic nitrogens is 4. The zero-order valence-corrected chi connectivity index (χ0v) is 15.3. The van der Waals surface area contributed by atoms with E-state index in [1.807, 2.05) is 30.5 Å². The third-order valence-electron chi connectivity index (χ3n) is 5.04. The first-order valence-corrected chi connectivity index (χ1v) is 9.15. The van der Waals surface area contributed by atoms with Gasteiger partial charge in [0.15, 0.2) is 11.6 Å². The van der Waals surface area contributed by atoms with Gasteiger partial charge in [-0.05, 0) is 61.7 Å². The molecule has 0 spiro atoms. The van der Waals surface area contributed by atoms with Gasteiger partial charge in [-0.1, -0.05) is 17.3 Å². The van der Waals surface area contributed by atoms with Crippen molar-refractivity contribution in [1.82, 2.24) is 24.9 Å². The van der Waals surface area contributed by atoms with Gasteiger partial charge in [-0.25, -0.2) is 4.98 Å². The second-order valence-corrected chi connectivity index (χ2v) is 6.83. The monoisotopic (exact) mass is 365 g/mol. The van der Waals surface area contributed by atoms with Crippen LogP contribution in [-0.2, 0) is 6.54 Å². The summed E-state index contributed by atoms with van der Waals surface area (Å²) in [7, 11) is 1.62. The molecule has 0 unspecified atom stereocenters. The normalized spacial score (nSPS) is 15.7. The summed E-state index contributed by atoms with van der Waals surface area (Å²) in [5.74, 6) is 2.15. The zero-order chi connectivity index (χ0) is 18.6. The third kappa shape index (κ3) is 3.93. The molecule has 1 fully saturated rings. The Balaban J connectivity index is 1.38. The molecule has 0 amide bonds. The Bertz CT molecular complexity index is 903. The molecule has 3 aromatic rings. The molecular formula is C20H23N5O2. The molecule has 7 nitrogen and oxygen atoms in total. The topological polar surface area (TPSA) is 76.3 Å². The van der Waals surface area contributed by atoms with Crippen molar-refractivity contribution in [2.45, 2.75) is 25.3 Å². The summed E-state index contributed by atoms with van der Waals surface area (Å²) in [6.45, 7) is 2.77.